The van der Waals surface area contributed by atoms with Crippen LogP contribution in [0.3, 0.4) is 0 Å². The van der Waals surface area contributed by atoms with Gasteiger partial charge in [-0.25, -0.2) is 0 Å². The molecule has 0 radical (unpaired) electrons. The second-order valence-corrected chi connectivity index (χ2v) is 9.19. The molecule has 2 aromatic heterocycles. The van der Waals surface area contributed by atoms with Gasteiger partial charge in [0, 0.05) is 23.2 Å². The summed E-state index contributed by atoms with van der Waals surface area (Å²) in [6.45, 7) is 3.55. The number of carbonyl (C=O) groups is 1. The number of aliphatic hydroxyl groups is 1. The minimum Gasteiger partial charge on any atom is -0.462 e. The molecule has 0 aliphatic carbocycles. The van der Waals surface area contributed by atoms with Gasteiger partial charge in [0.15, 0.2) is 11.5 Å². The third-order valence-electron chi connectivity index (χ3n) is 6.52. The maximum atomic E-state index is 12.2. The Morgan fingerprint density at radius 2 is 1.92 bits per heavy atom. The lowest BCUT2D eigenvalue weighted by atomic mass is 10.00. The number of ether oxygens (including phenoxy) is 1. The van der Waals surface area contributed by atoms with Gasteiger partial charge < -0.3 is 24.2 Å². The molecule has 5 rings (SSSR count). The normalized spacial score (nSPS) is 16.4. The van der Waals surface area contributed by atoms with Crippen LogP contribution < -0.4 is 5.32 Å². The molecule has 0 amide bonds. The van der Waals surface area contributed by atoms with E-state index in [1.165, 1.54) is 0 Å². The second kappa shape index (κ2) is 11.5. The first kappa shape index (κ1) is 24.9. The van der Waals surface area contributed by atoms with E-state index in [2.05, 4.69) is 27.5 Å². The van der Waals surface area contributed by atoms with Crippen molar-refractivity contribution in [3.05, 3.63) is 65.7 Å². The fourth-order valence-corrected chi connectivity index (χ4v) is 4.49. The highest BCUT2D eigenvalue weighted by atomic mass is 16.5. The van der Waals surface area contributed by atoms with Gasteiger partial charge in [0.2, 0.25) is 5.82 Å². The van der Waals surface area contributed by atoms with E-state index in [9.17, 15) is 9.90 Å². The molecule has 1 aliphatic heterocycles. The van der Waals surface area contributed by atoms with E-state index in [1.807, 2.05) is 30.3 Å². The van der Waals surface area contributed by atoms with E-state index < -0.39 is 6.10 Å². The number of esters is 1. The lowest BCUT2D eigenvalue weighted by molar-refractivity contribution is -0.152. The van der Waals surface area contributed by atoms with Crippen LogP contribution in [0, 0.1) is 5.92 Å². The van der Waals surface area contributed by atoms with Gasteiger partial charge >= 0.3 is 5.97 Å². The third-order valence-corrected chi connectivity index (χ3v) is 6.52. The number of nitrogens with zero attached hydrogens (tertiary/aromatic N) is 3. The first-order valence-electron chi connectivity index (χ1n) is 12.7. The molecule has 3 heterocycles. The van der Waals surface area contributed by atoms with Crippen LogP contribution in [0.2, 0.25) is 0 Å². The minimum atomic E-state index is -0.918. The SMILES string of the molecule is CCCc1c(-c2nc(-c3ccc([C@@H](O)COC(=O)C4CCCNC4)cc3)no2)noc1-c1ccccc1. The quantitative estimate of drug-likeness (QED) is 0.316. The van der Waals surface area contributed by atoms with Crippen LogP contribution in [-0.4, -0.2) is 46.1 Å². The molecule has 1 aliphatic rings. The molecule has 0 saturated carbocycles. The number of piperidine rings is 1. The van der Waals surface area contributed by atoms with Gasteiger partial charge in [-0.1, -0.05) is 78.3 Å². The van der Waals surface area contributed by atoms with Crippen LogP contribution in [0.25, 0.3) is 34.3 Å². The largest absolute Gasteiger partial charge is 0.462 e. The smallest absolute Gasteiger partial charge is 0.310 e. The summed E-state index contributed by atoms with van der Waals surface area (Å²) in [6.07, 6.45) is 2.51. The second-order valence-electron chi connectivity index (χ2n) is 9.19. The molecule has 9 nitrogen and oxygen atoms in total. The Balaban J connectivity index is 1.27. The van der Waals surface area contributed by atoms with Gasteiger partial charge in [-0.05, 0) is 31.4 Å². The highest BCUT2D eigenvalue weighted by Crippen LogP contribution is 2.33. The number of aliphatic hydroxyl groups excluding tert-OH is 1. The Kier molecular flexibility index (Phi) is 7.72. The van der Waals surface area contributed by atoms with Crippen LogP contribution in [0.4, 0.5) is 0 Å². The van der Waals surface area contributed by atoms with E-state index in [1.54, 1.807) is 24.3 Å². The van der Waals surface area contributed by atoms with Crippen molar-refractivity contribution in [2.75, 3.05) is 19.7 Å². The molecule has 192 valence electrons. The first-order valence-corrected chi connectivity index (χ1v) is 12.7. The summed E-state index contributed by atoms with van der Waals surface area (Å²) in [5.41, 5.74) is 3.78. The Morgan fingerprint density at radius 1 is 1.11 bits per heavy atom. The van der Waals surface area contributed by atoms with Gasteiger partial charge in [0.25, 0.3) is 5.89 Å². The molecular formula is C28H30N4O5. The van der Waals surface area contributed by atoms with Crippen molar-refractivity contribution >= 4 is 5.97 Å². The summed E-state index contributed by atoms with van der Waals surface area (Å²) in [5.74, 6) is 0.975. The molecule has 37 heavy (non-hydrogen) atoms. The Labute approximate surface area is 214 Å². The number of rotatable bonds is 9. The summed E-state index contributed by atoms with van der Waals surface area (Å²) in [4.78, 5) is 16.8. The molecule has 2 aromatic carbocycles. The molecule has 2 N–H and O–H groups in total. The molecule has 4 aromatic rings. The monoisotopic (exact) mass is 502 g/mol. The van der Waals surface area contributed by atoms with Gasteiger partial charge in [-0.3, -0.25) is 4.79 Å². The molecule has 2 atom stereocenters. The topological polar surface area (TPSA) is 124 Å². The standard InChI is InChI=1S/C28H30N4O5/c1-2-7-22-24(31-36-25(22)19-8-4-3-5-9-19)27-30-26(32-37-27)20-13-11-18(12-14-20)23(33)17-35-28(34)21-10-6-15-29-16-21/h3-5,8-9,11-14,21,23,29,33H,2,6-7,10,15-17H2,1H3/t21?,23-/m0/s1. The van der Waals surface area contributed by atoms with Crippen LogP contribution in [0.5, 0.6) is 0 Å². The molecule has 1 saturated heterocycles. The maximum absolute atomic E-state index is 12.2. The van der Waals surface area contributed by atoms with Gasteiger partial charge in [0.1, 0.15) is 12.7 Å². The lowest BCUT2D eigenvalue weighted by Crippen LogP contribution is -2.35. The zero-order valence-corrected chi connectivity index (χ0v) is 20.7. The summed E-state index contributed by atoms with van der Waals surface area (Å²) >= 11 is 0. The minimum absolute atomic E-state index is 0.0862. The van der Waals surface area contributed by atoms with Gasteiger partial charge in [0.05, 0.1) is 5.92 Å². The zero-order chi connectivity index (χ0) is 25.6. The summed E-state index contributed by atoms with van der Waals surface area (Å²) in [5, 5.41) is 22.1. The molecular weight excluding hydrogens is 472 g/mol. The Hall–Kier alpha value is -3.82. The van der Waals surface area contributed by atoms with Crippen molar-refractivity contribution < 1.29 is 23.7 Å². The highest BCUT2D eigenvalue weighted by molar-refractivity contribution is 5.73. The van der Waals surface area contributed by atoms with Crippen LogP contribution in [0.1, 0.15) is 43.4 Å². The molecule has 9 heteroatoms. The molecule has 0 bridgehead atoms. The van der Waals surface area contributed by atoms with Gasteiger partial charge in [-0.15, -0.1) is 0 Å². The van der Waals surface area contributed by atoms with E-state index in [0.717, 1.165) is 48.9 Å². The number of benzene rings is 2. The van der Waals surface area contributed by atoms with Crippen molar-refractivity contribution in [1.29, 1.82) is 0 Å². The van der Waals surface area contributed by atoms with E-state index in [4.69, 9.17) is 13.8 Å². The first-order chi connectivity index (χ1) is 18.1. The number of hydrogen-bond donors (Lipinski definition) is 2. The number of carbonyl (C=O) groups excluding carboxylic acids is 1. The predicted octanol–water partition coefficient (Wildman–Crippen LogP) is 4.59. The molecule has 1 fully saturated rings. The van der Waals surface area contributed by atoms with Crippen molar-refractivity contribution in [3.63, 3.8) is 0 Å². The van der Waals surface area contributed by atoms with E-state index in [-0.39, 0.29) is 24.4 Å². The van der Waals surface area contributed by atoms with Crippen molar-refractivity contribution in [3.8, 4) is 34.3 Å². The third kappa shape index (κ3) is 5.63. The maximum Gasteiger partial charge on any atom is 0.310 e. The number of aromatic nitrogens is 3. The van der Waals surface area contributed by atoms with E-state index in [0.29, 0.717) is 29.4 Å². The number of nitrogens with one attached hydrogen (secondary N) is 1. The lowest BCUT2D eigenvalue weighted by Gasteiger charge is -2.22. The zero-order valence-electron chi connectivity index (χ0n) is 20.7. The predicted molar refractivity (Wildman–Crippen MR) is 136 cm³/mol. The van der Waals surface area contributed by atoms with Crippen molar-refractivity contribution in [1.82, 2.24) is 20.6 Å². The number of hydrogen-bond acceptors (Lipinski definition) is 9. The fourth-order valence-electron chi connectivity index (χ4n) is 4.49. The summed E-state index contributed by atoms with van der Waals surface area (Å²) in [6, 6.07) is 16.9. The molecule has 0 spiro atoms. The van der Waals surface area contributed by atoms with Crippen LogP contribution in [0.15, 0.2) is 63.6 Å². The fraction of sp³-hybridized carbons (Fsp3) is 0.357. The van der Waals surface area contributed by atoms with Crippen molar-refractivity contribution in [2.24, 2.45) is 5.92 Å². The van der Waals surface area contributed by atoms with Crippen LogP contribution in [-0.2, 0) is 16.0 Å². The molecule has 1 unspecified atom stereocenters. The van der Waals surface area contributed by atoms with Crippen molar-refractivity contribution in [2.45, 2.75) is 38.7 Å². The highest BCUT2D eigenvalue weighted by Gasteiger charge is 2.25. The Morgan fingerprint density at radius 3 is 2.65 bits per heavy atom. The van der Waals surface area contributed by atoms with E-state index >= 15 is 0 Å². The average Bonchev–Trinajstić information content (AvgIpc) is 3.60. The average molecular weight is 503 g/mol. The summed E-state index contributed by atoms with van der Waals surface area (Å²) in [7, 11) is 0. The van der Waals surface area contributed by atoms with Gasteiger partial charge in [-0.2, -0.15) is 4.98 Å². The summed E-state index contributed by atoms with van der Waals surface area (Å²) < 4.78 is 16.6. The van der Waals surface area contributed by atoms with Crippen LogP contribution >= 0.6 is 0 Å². The Bertz CT molecular complexity index is 1310.